The minimum absolute atomic E-state index is 0.0777. The minimum atomic E-state index is -0.314. The maximum absolute atomic E-state index is 12.3. The zero-order valence-electron chi connectivity index (χ0n) is 9.77. The quantitative estimate of drug-likeness (QED) is 0.771. The van der Waals surface area contributed by atoms with Crippen LogP contribution >= 0.6 is 0 Å². The molecule has 0 radical (unpaired) electrons. The summed E-state index contributed by atoms with van der Waals surface area (Å²) in [6, 6.07) is 9.95. The van der Waals surface area contributed by atoms with E-state index in [1.807, 2.05) is 37.3 Å². The Balaban J connectivity index is 2.78. The number of anilines is 1. The van der Waals surface area contributed by atoms with Gasteiger partial charge in [0.1, 0.15) is 0 Å². The SMILES string of the molecule is CCC(CO)N(CCCF)c1ccccc1. The van der Waals surface area contributed by atoms with E-state index < -0.39 is 0 Å². The van der Waals surface area contributed by atoms with Gasteiger partial charge in [-0.15, -0.1) is 0 Å². The summed E-state index contributed by atoms with van der Waals surface area (Å²) in [6.07, 6.45) is 1.36. The van der Waals surface area contributed by atoms with Gasteiger partial charge in [-0.3, -0.25) is 4.39 Å². The zero-order chi connectivity index (χ0) is 11.8. The molecular formula is C13H20FNO. The number of benzene rings is 1. The van der Waals surface area contributed by atoms with Crippen LogP contribution in [0.5, 0.6) is 0 Å². The van der Waals surface area contributed by atoms with Crippen molar-refractivity contribution >= 4 is 5.69 Å². The van der Waals surface area contributed by atoms with Crippen molar-refractivity contribution in [1.82, 2.24) is 0 Å². The van der Waals surface area contributed by atoms with Crippen LogP contribution in [0.1, 0.15) is 19.8 Å². The van der Waals surface area contributed by atoms with E-state index in [-0.39, 0.29) is 19.3 Å². The lowest BCUT2D eigenvalue weighted by atomic mass is 10.1. The average Bonchev–Trinajstić information content (AvgIpc) is 2.35. The van der Waals surface area contributed by atoms with Crippen molar-refractivity contribution in [3.05, 3.63) is 30.3 Å². The third-order valence-corrected chi connectivity index (χ3v) is 2.74. The van der Waals surface area contributed by atoms with Crippen LogP contribution < -0.4 is 4.90 Å². The van der Waals surface area contributed by atoms with Gasteiger partial charge in [0.25, 0.3) is 0 Å². The summed E-state index contributed by atoms with van der Waals surface area (Å²) < 4.78 is 12.3. The molecule has 0 aromatic heterocycles. The summed E-state index contributed by atoms with van der Waals surface area (Å²) in [5, 5.41) is 9.32. The molecule has 1 aromatic carbocycles. The van der Waals surface area contributed by atoms with Crippen LogP contribution in [0.3, 0.4) is 0 Å². The third kappa shape index (κ3) is 3.49. The number of aliphatic hydroxyl groups excluding tert-OH is 1. The van der Waals surface area contributed by atoms with E-state index in [2.05, 4.69) is 4.90 Å². The number of nitrogens with zero attached hydrogens (tertiary/aromatic N) is 1. The van der Waals surface area contributed by atoms with Gasteiger partial charge >= 0.3 is 0 Å². The molecular weight excluding hydrogens is 205 g/mol. The number of alkyl halides is 1. The molecule has 16 heavy (non-hydrogen) atoms. The van der Waals surface area contributed by atoms with Crippen LogP contribution in [-0.2, 0) is 0 Å². The fourth-order valence-corrected chi connectivity index (χ4v) is 1.82. The number of hydrogen-bond acceptors (Lipinski definition) is 2. The van der Waals surface area contributed by atoms with Crippen molar-refractivity contribution in [3.63, 3.8) is 0 Å². The van der Waals surface area contributed by atoms with Gasteiger partial charge in [-0.2, -0.15) is 0 Å². The van der Waals surface area contributed by atoms with E-state index in [1.165, 1.54) is 0 Å². The van der Waals surface area contributed by atoms with Crippen LogP contribution in [0.4, 0.5) is 10.1 Å². The number of halogens is 1. The van der Waals surface area contributed by atoms with E-state index in [9.17, 15) is 9.50 Å². The van der Waals surface area contributed by atoms with E-state index >= 15 is 0 Å². The van der Waals surface area contributed by atoms with Gasteiger partial charge in [0.15, 0.2) is 0 Å². The third-order valence-electron chi connectivity index (χ3n) is 2.74. The van der Waals surface area contributed by atoms with Crippen molar-refractivity contribution in [2.75, 3.05) is 24.7 Å². The Hall–Kier alpha value is -1.09. The topological polar surface area (TPSA) is 23.5 Å². The van der Waals surface area contributed by atoms with Gasteiger partial charge in [0, 0.05) is 12.2 Å². The molecule has 0 saturated heterocycles. The van der Waals surface area contributed by atoms with Crippen molar-refractivity contribution in [3.8, 4) is 0 Å². The lowest BCUT2D eigenvalue weighted by Crippen LogP contribution is -2.38. The van der Waals surface area contributed by atoms with Gasteiger partial charge in [0.05, 0.1) is 19.3 Å². The van der Waals surface area contributed by atoms with Gasteiger partial charge < -0.3 is 10.0 Å². The summed E-state index contributed by atoms with van der Waals surface area (Å²) in [5.41, 5.74) is 1.05. The van der Waals surface area contributed by atoms with E-state index in [0.29, 0.717) is 13.0 Å². The first-order chi connectivity index (χ1) is 7.83. The Morgan fingerprint density at radius 2 is 2.00 bits per heavy atom. The second-order valence-corrected chi connectivity index (χ2v) is 3.82. The first-order valence-electron chi connectivity index (χ1n) is 5.82. The minimum Gasteiger partial charge on any atom is -0.394 e. The van der Waals surface area contributed by atoms with Crippen LogP contribution in [0.25, 0.3) is 0 Å². The molecule has 2 nitrogen and oxygen atoms in total. The molecule has 1 N–H and O–H groups in total. The Morgan fingerprint density at radius 1 is 1.31 bits per heavy atom. The lowest BCUT2D eigenvalue weighted by molar-refractivity contribution is 0.254. The number of aliphatic hydroxyl groups is 1. The molecule has 0 heterocycles. The molecule has 1 rings (SSSR count). The molecule has 1 unspecified atom stereocenters. The summed E-state index contributed by atoms with van der Waals surface area (Å²) in [6.45, 7) is 2.48. The van der Waals surface area contributed by atoms with Crippen molar-refractivity contribution < 1.29 is 9.50 Å². The van der Waals surface area contributed by atoms with Gasteiger partial charge in [-0.05, 0) is 25.0 Å². The van der Waals surface area contributed by atoms with Gasteiger partial charge in [0.2, 0.25) is 0 Å². The number of para-hydroxylation sites is 1. The van der Waals surface area contributed by atoms with Crippen LogP contribution in [0.15, 0.2) is 30.3 Å². The molecule has 0 aliphatic carbocycles. The molecule has 0 saturated carbocycles. The predicted molar refractivity (Wildman–Crippen MR) is 65.5 cm³/mol. The highest BCUT2D eigenvalue weighted by atomic mass is 19.1. The molecule has 0 amide bonds. The monoisotopic (exact) mass is 225 g/mol. The molecule has 0 bridgehead atoms. The summed E-state index contributed by atoms with van der Waals surface area (Å²) in [4.78, 5) is 2.08. The van der Waals surface area contributed by atoms with Gasteiger partial charge in [-0.1, -0.05) is 25.1 Å². The Kier molecular flexibility index (Phi) is 5.86. The molecule has 0 spiro atoms. The Labute approximate surface area is 96.7 Å². The first-order valence-corrected chi connectivity index (χ1v) is 5.82. The first kappa shape index (κ1) is 13.0. The van der Waals surface area contributed by atoms with E-state index in [0.717, 1.165) is 12.1 Å². The molecule has 0 fully saturated rings. The van der Waals surface area contributed by atoms with Crippen LogP contribution in [0, 0.1) is 0 Å². The number of hydrogen-bond donors (Lipinski definition) is 1. The maximum Gasteiger partial charge on any atom is 0.0911 e. The second-order valence-electron chi connectivity index (χ2n) is 3.82. The van der Waals surface area contributed by atoms with Crippen LogP contribution in [-0.4, -0.2) is 31.0 Å². The molecule has 3 heteroatoms. The molecule has 0 aliphatic heterocycles. The van der Waals surface area contributed by atoms with Crippen molar-refractivity contribution in [2.24, 2.45) is 0 Å². The van der Waals surface area contributed by atoms with Gasteiger partial charge in [-0.25, -0.2) is 0 Å². The predicted octanol–water partition coefficient (Wildman–Crippen LogP) is 2.62. The zero-order valence-corrected chi connectivity index (χ0v) is 9.77. The van der Waals surface area contributed by atoms with E-state index in [4.69, 9.17) is 0 Å². The second kappa shape index (κ2) is 7.23. The fraction of sp³-hybridized carbons (Fsp3) is 0.538. The fourth-order valence-electron chi connectivity index (χ4n) is 1.82. The standard InChI is InChI=1S/C13H20FNO/c1-2-12(11-16)15(10-6-9-14)13-7-4-3-5-8-13/h3-5,7-8,12,16H,2,6,9-11H2,1H3. The highest BCUT2D eigenvalue weighted by molar-refractivity contribution is 5.47. The number of rotatable bonds is 7. The highest BCUT2D eigenvalue weighted by Crippen LogP contribution is 2.18. The average molecular weight is 225 g/mol. The van der Waals surface area contributed by atoms with E-state index in [1.54, 1.807) is 0 Å². The molecule has 1 atom stereocenters. The maximum atomic E-state index is 12.3. The molecule has 1 aromatic rings. The van der Waals surface area contributed by atoms with Crippen molar-refractivity contribution in [1.29, 1.82) is 0 Å². The van der Waals surface area contributed by atoms with Crippen LogP contribution in [0.2, 0.25) is 0 Å². The largest absolute Gasteiger partial charge is 0.394 e. The lowest BCUT2D eigenvalue weighted by Gasteiger charge is -2.31. The smallest absolute Gasteiger partial charge is 0.0911 e. The normalized spacial score (nSPS) is 12.4. The summed E-state index contributed by atoms with van der Waals surface area (Å²) >= 11 is 0. The summed E-state index contributed by atoms with van der Waals surface area (Å²) in [5.74, 6) is 0. The highest BCUT2D eigenvalue weighted by Gasteiger charge is 2.15. The summed E-state index contributed by atoms with van der Waals surface area (Å²) in [7, 11) is 0. The Bertz CT molecular complexity index is 275. The Morgan fingerprint density at radius 3 is 2.50 bits per heavy atom. The molecule has 0 aliphatic rings. The molecule has 90 valence electrons. The van der Waals surface area contributed by atoms with Crippen molar-refractivity contribution in [2.45, 2.75) is 25.8 Å².